The van der Waals surface area contributed by atoms with Crippen LogP contribution in [0.5, 0.6) is 0 Å². The van der Waals surface area contributed by atoms with Crippen LogP contribution in [0.1, 0.15) is 0 Å². The maximum absolute atomic E-state index is 11.3. The fraction of sp³-hybridized carbons (Fsp3) is 0.778. The van der Waals surface area contributed by atoms with E-state index in [2.05, 4.69) is 5.32 Å². The van der Waals surface area contributed by atoms with Gasteiger partial charge in [-0.3, -0.25) is 0 Å². The molecule has 3 amide bonds. The van der Waals surface area contributed by atoms with E-state index >= 15 is 0 Å². The van der Waals surface area contributed by atoms with Gasteiger partial charge in [-0.15, -0.1) is 0 Å². The first-order valence-electron chi connectivity index (χ1n) is 5.06. The van der Waals surface area contributed by atoms with Crippen molar-refractivity contribution in [2.24, 2.45) is 11.8 Å². The van der Waals surface area contributed by atoms with E-state index in [4.69, 9.17) is 5.11 Å². The number of rotatable bonds is 0. The maximum atomic E-state index is 11.3. The summed E-state index contributed by atoms with van der Waals surface area (Å²) >= 11 is 0. The van der Waals surface area contributed by atoms with Crippen LogP contribution in [0, 0.1) is 11.8 Å². The fourth-order valence-electron chi connectivity index (χ4n) is 2.47. The molecular formula is C9H15N3O3. The second-order valence-electron chi connectivity index (χ2n) is 4.17. The summed E-state index contributed by atoms with van der Waals surface area (Å²) in [4.78, 5) is 25.3. The van der Waals surface area contributed by atoms with Crippen molar-refractivity contribution < 1.29 is 14.7 Å². The van der Waals surface area contributed by atoms with Gasteiger partial charge in [-0.2, -0.15) is 0 Å². The molecule has 2 rings (SSSR count). The minimum Gasteiger partial charge on any atom is -0.465 e. The topological polar surface area (TPSA) is 72.9 Å². The van der Waals surface area contributed by atoms with Crippen LogP contribution in [0.25, 0.3) is 0 Å². The first-order chi connectivity index (χ1) is 7.11. The molecule has 84 valence electrons. The third-order valence-electron chi connectivity index (χ3n) is 3.26. The van der Waals surface area contributed by atoms with Gasteiger partial charge < -0.3 is 20.2 Å². The van der Waals surface area contributed by atoms with Crippen LogP contribution in [-0.2, 0) is 0 Å². The van der Waals surface area contributed by atoms with Crippen molar-refractivity contribution in [3.63, 3.8) is 0 Å². The molecule has 2 atom stereocenters. The smallest absolute Gasteiger partial charge is 0.407 e. The van der Waals surface area contributed by atoms with Gasteiger partial charge in [0.2, 0.25) is 0 Å². The molecule has 0 bridgehead atoms. The van der Waals surface area contributed by atoms with Crippen molar-refractivity contribution in [3.8, 4) is 0 Å². The third kappa shape index (κ3) is 1.71. The minimum absolute atomic E-state index is 0.0636. The molecule has 6 heteroatoms. The van der Waals surface area contributed by atoms with Gasteiger partial charge in [0.25, 0.3) is 0 Å². The van der Waals surface area contributed by atoms with Gasteiger partial charge >= 0.3 is 12.1 Å². The van der Waals surface area contributed by atoms with E-state index in [1.54, 1.807) is 11.9 Å². The highest BCUT2D eigenvalue weighted by atomic mass is 16.4. The molecule has 2 aliphatic rings. The molecule has 2 unspecified atom stereocenters. The average molecular weight is 213 g/mol. The lowest BCUT2D eigenvalue weighted by Gasteiger charge is -2.19. The number of carboxylic acid groups (broad SMARTS) is 1. The molecule has 2 N–H and O–H groups in total. The Bertz CT molecular complexity index is 280. The second kappa shape index (κ2) is 3.60. The van der Waals surface area contributed by atoms with Crippen molar-refractivity contribution in [1.29, 1.82) is 0 Å². The Morgan fingerprint density at radius 3 is 2.00 bits per heavy atom. The number of nitrogens with one attached hydrogen (secondary N) is 1. The number of nitrogens with zero attached hydrogens (tertiary/aromatic N) is 2. The Labute approximate surface area is 87.8 Å². The molecule has 0 aromatic carbocycles. The predicted molar refractivity (Wildman–Crippen MR) is 52.6 cm³/mol. The summed E-state index contributed by atoms with van der Waals surface area (Å²) < 4.78 is 0. The SMILES string of the molecule is CNC(=O)N1CC2CN(C(=O)O)CC2C1. The highest BCUT2D eigenvalue weighted by molar-refractivity contribution is 5.74. The maximum Gasteiger partial charge on any atom is 0.407 e. The zero-order valence-electron chi connectivity index (χ0n) is 8.64. The lowest BCUT2D eigenvalue weighted by molar-refractivity contribution is 0.149. The fourth-order valence-corrected chi connectivity index (χ4v) is 2.47. The van der Waals surface area contributed by atoms with E-state index in [0.29, 0.717) is 38.0 Å². The zero-order valence-corrected chi connectivity index (χ0v) is 8.64. The number of hydrogen-bond donors (Lipinski definition) is 2. The van der Waals surface area contributed by atoms with Crippen molar-refractivity contribution in [2.45, 2.75) is 0 Å². The molecule has 0 aromatic rings. The Morgan fingerprint density at radius 1 is 1.13 bits per heavy atom. The van der Waals surface area contributed by atoms with Crippen LogP contribution in [0.3, 0.4) is 0 Å². The van der Waals surface area contributed by atoms with Gasteiger partial charge in [0.05, 0.1) is 0 Å². The average Bonchev–Trinajstić information content (AvgIpc) is 2.72. The number of fused-ring (bicyclic) bond motifs is 1. The lowest BCUT2D eigenvalue weighted by atomic mass is 10.0. The summed E-state index contributed by atoms with van der Waals surface area (Å²) in [7, 11) is 1.61. The first-order valence-corrected chi connectivity index (χ1v) is 5.06. The molecule has 2 heterocycles. The van der Waals surface area contributed by atoms with Gasteiger partial charge in [-0.25, -0.2) is 9.59 Å². The van der Waals surface area contributed by atoms with E-state index in [1.165, 1.54) is 4.90 Å². The number of amides is 3. The standard InChI is InChI=1S/C9H15N3O3/c1-10-8(13)11-2-6-4-12(9(14)15)5-7(6)3-11/h6-7H,2-5H2,1H3,(H,10,13)(H,14,15). The van der Waals surface area contributed by atoms with Crippen molar-refractivity contribution in [2.75, 3.05) is 33.2 Å². The number of carbonyl (C=O) groups excluding carboxylic acids is 1. The van der Waals surface area contributed by atoms with Gasteiger partial charge in [0.15, 0.2) is 0 Å². The molecule has 2 fully saturated rings. The highest BCUT2D eigenvalue weighted by Crippen LogP contribution is 2.30. The summed E-state index contributed by atoms with van der Waals surface area (Å²) in [5, 5.41) is 11.4. The van der Waals surface area contributed by atoms with Crippen molar-refractivity contribution in [3.05, 3.63) is 0 Å². The van der Waals surface area contributed by atoms with Crippen molar-refractivity contribution >= 4 is 12.1 Å². The molecule has 0 aliphatic carbocycles. The normalized spacial score (nSPS) is 29.1. The molecular weight excluding hydrogens is 198 g/mol. The molecule has 15 heavy (non-hydrogen) atoms. The Balaban J connectivity index is 1.93. The van der Waals surface area contributed by atoms with Crippen LogP contribution in [0.2, 0.25) is 0 Å². The molecule has 0 saturated carbocycles. The zero-order chi connectivity index (χ0) is 11.0. The molecule has 2 aliphatic heterocycles. The van der Waals surface area contributed by atoms with Crippen LogP contribution in [0.15, 0.2) is 0 Å². The summed E-state index contributed by atoms with van der Waals surface area (Å²) in [6.45, 7) is 2.48. The van der Waals surface area contributed by atoms with Crippen LogP contribution < -0.4 is 5.32 Å². The molecule has 0 aromatic heterocycles. The van der Waals surface area contributed by atoms with Crippen molar-refractivity contribution in [1.82, 2.24) is 15.1 Å². The summed E-state index contributed by atoms with van der Waals surface area (Å²) in [5.41, 5.74) is 0. The van der Waals surface area contributed by atoms with E-state index < -0.39 is 6.09 Å². The van der Waals surface area contributed by atoms with E-state index in [1.807, 2.05) is 0 Å². The minimum atomic E-state index is -0.851. The quantitative estimate of drug-likeness (QED) is 0.588. The second-order valence-corrected chi connectivity index (χ2v) is 4.17. The number of carbonyl (C=O) groups is 2. The molecule has 6 nitrogen and oxygen atoms in total. The summed E-state index contributed by atoms with van der Waals surface area (Å²) in [6.07, 6.45) is -0.851. The largest absolute Gasteiger partial charge is 0.465 e. The van der Waals surface area contributed by atoms with Crippen LogP contribution >= 0.6 is 0 Å². The molecule has 0 radical (unpaired) electrons. The number of urea groups is 1. The van der Waals surface area contributed by atoms with Gasteiger partial charge in [-0.05, 0) is 0 Å². The van der Waals surface area contributed by atoms with Crippen LogP contribution in [-0.4, -0.2) is 60.3 Å². The lowest BCUT2D eigenvalue weighted by Crippen LogP contribution is -2.39. The van der Waals surface area contributed by atoms with Gasteiger partial charge in [-0.1, -0.05) is 0 Å². The van der Waals surface area contributed by atoms with E-state index in [-0.39, 0.29) is 6.03 Å². The highest BCUT2D eigenvalue weighted by Gasteiger charge is 2.42. The Kier molecular flexibility index (Phi) is 2.42. The molecule has 2 saturated heterocycles. The number of likely N-dealkylation sites (tertiary alicyclic amines) is 2. The summed E-state index contributed by atoms with van der Waals surface area (Å²) in [6, 6.07) is -0.0636. The van der Waals surface area contributed by atoms with E-state index in [9.17, 15) is 9.59 Å². The predicted octanol–water partition coefficient (Wildman–Crippen LogP) is -0.133. The van der Waals surface area contributed by atoms with E-state index in [0.717, 1.165) is 0 Å². The Hall–Kier alpha value is -1.46. The molecule has 0 spiro atoms. The number of hydrogen-bond acceptors (Lipinski definition) is 2. The van der Waals surface area contributed by atoms with Gasteiger partial charge in [0.1, 0.15) is 0 Å². The Morgan fingerprint density at radius 2 is 1.60 bits per heavy atom. The van der Waals surface area contributed by atoms with Crippen LogP contribution in [0.4, 0.5) is 9.59 Å². The monoisotopic (exact) mass is 213 g/mol. The van der Waals surface area contributed by atoms with Gasteiger partial charge in [0, 0.05) is 45.1 Å². The first kappa shape index (κ1) is 10.1. The summed E-state index contributed by atoms with van der Waals surface area (Å²) in [5.74, 6) is 0.636. The third-order valence-corrected chi connectivity index (χ3v) is 3.26.